The number of hydrogen-bond acceptors (Lipinski definition) is 2. The van der Waals surface area contributed by atoms with E-state index in [2.05, 4.69) is 47.8 Å². The van der Waals surface area contributed by atoms with Gasteiger partial charge in [-0.2, -0.15) is 0 Å². The number of para-hydroxylation sites is 2. The predicted molar refractivity (Wildman–Crippen MR) is 86.3 cm³/mol. The van der Waals surface area contributed by atoms with E-state index in [1.165, 1.54) is 34.8 Å². The zero-order chi connectivity index (χ0) is 13.8. The van der Waals surface area contributed by atoms with Crippen molar-refractivity contribution in [3.8, 4) is 0 Å². The Morgan fingerprint density at radius 1 is 0.952 bits per heavy atom. The lowest BCUT2D eigenvalue weighted by Gasteiger charge is -2.21. The van der Waals surface area contributed by atoms with Gasteiger partial charge in [0.2, 0.25) is 0 Å². The number of hydrogen-bond donors (Lipinski definition) is 1. The largest absolute Gasteiger partial charge is 0.455 e. The summed E-state index contributed by atoms with van der Waals surface area (Å²) >= 11 is 0. The normalized spacial score (nSPS) is 24.7. The van der Waals surface area contributed by atoms with Gasteiger partial charge in [0.05, 0.1) is 0 Å². The third-order valence-electron chi connectivity index (χ3n) is 4.89. The van der Waals surface area contributed by atoms with E-state index >= 15 is 0 Å². The second-order valence-corrected chi connectivity index (χ2v) is 6.22. The Balaban J connectivity index is 1.76. The fourth-order valence-corrected chi connectivity index (χ4v) is 3.92. The summed E-state index contributed by atoms with van der Waals surface area (Å²) in [6.45, 7) is 0. The SMILES string of the molecule is C1=C(c2cccc3c2oc2ccccc23)CC2CCC1N2. The van der Waals surface area contributed by atoms with Gasteiger partial charge in [0, 0.05) is 28.4 Å². The Hall–Kier alpha value is -2.06. The molecular weight excluding hydrogens is 258 g/mol. The standard InChI is InChI=1S/C19H17NO/c1-2-7-18-16(4-1)17-6-3-5-15(19(17)21-18)12-10-13-8-9-14(11-12)20-13/h1-7,10,13-14,20H,8-9,11H2. The van der Waals surface area contributed by atoms with Crippen LogP contribution in [0.25, 0.3) is 27.5 Å². The molecule has 2 bridgehead atoms. The van der Waals surface area contributed by atoms with Gasteiger partial charge in [0.25, 0.3) is 0 Å². The molecule has 1 fully saturated rings. The summed E-state index contributed by atoms with van der Waals surface area (Å²) in [6.07, 6.45) is 6.09. The fourth-order valence-electron chi connectivity index (χ4n) is 3.92. The quantitative estimate of drug-likeness (QED) is 0.707. The van der Waals surface area contributed by atoms with E-state index in [0.29, 0.717) is 12.1 Å². The lowest BCUT2D eigenvalue weighted by molar-refractivity contribution is 0.574. The summed E-state index contributed by atoms with van der Waals surface area (Å²) < 4.78 is 6.17. The highest BCUT2D eigenvalue weighted by Crippen LogP contribution is 2.38. The van der Waals surface area contributed by atoms with Gasteiger partial charge in [0.15, 0.2) is 0 Å². The minimum Gasteiger partial charge on any atom is -0.455 e. The minimum absolute atomic E-state index is 0.554. The van der Waals surface area contributed by atoms with Crippen LogP contribution in [0.4, 0.5) is 0 Å². The molecule has 5 rings (SSSR count). The fraction of sp³-hybridized carbons (Fsp3) is 0.263. The highest BCUT2D eigenvalue weighted by Gasteiger charge is 2.29. The van der Waals surface area contributed by atoms with E-state index in [1.54, 1.807) is 0 Å². The van der Waals surface area contributed by atoms with Crippen LogP contribution in [0.3, 0.4) is 0 Å². The molecular formula is C19H17NO. The van der Waals surface area contributed by atoms with Gasteiger partial charge in [-0.25, -0.2) is 0 Å². The van der Waals surface area contributed by atoms with Crippen LogP contribution in [-0.2, 0) is 0 Å². The van der Waals surface area contributed by atoms with Gasteiger partial charge in [-0.15, -0.1) is 0 Å². The summed E-state index contributed by atoms with van der Waals surface area (Å²) in [7, 11) is 0. The molecule has 2 nitrogen and oxygen atoms in total. The third-order valence-corrected chi connectivity index (χ3v) is 4.89. The highest BCUT2D eigenvalue weighted by atomic mass is 16.3. The van der Waals surface area contributed by atoms with E-state index in [1.807, 2.05) is 6.07 Å². The molecule has 2 heteroatoms. The van der Waals surface area contributed by atoms with Crippen molar-refractivity contribution in [1.82, 2.24) is 5.32 Å². The molecule has 0 amide bonds. The molecule has 2 unspecified atom stereocenters. The van der Waals surface area contributed by atoms with Crippen molar-refractivity contribution in [1.29, 1.82) is 0 Å². The number of nitrogens with one attached hydrogen (secondary N) is 1. The summed E-state index contributed by atoms with van der Waals surface area (Å²) in [5, 5.41) is 6.10. The van der Waals surface area contributed by atoms with Crippen LogP contribution < -0.4 is 5.32 Å². The maximum atomic E-state index is 6.17. The van der Waals surface area contributed by atoms with Gasteiger partial charge in [0.1, 0.15) is 11.2 Å². The maximum absolute atomic E-state index is 6.17. The molecule has 2 aliphatic heterocycles. The first-order valence-corrected chi connectivity index (χ1v) is 7.76. The molecule has 2 aliphatic rings. The minimum atomic E-state index is 0.554. The van der Waals surface area contributed by atoms with Crippen molar-refractivity contribution in [3.05, 3.63) is 54.1 Å². The Labute approximate surface area is 123 Å². The van der Waals surface area contributed by atoms with Crippen molar-refractivity contribution >= 4 is 27.5 Å². The molecule has 21 heavy (non-hydrogen) atoms. The first kappa shape index (κ1) is 11.6. The van der Waals surface area contributed by atoms with Crippen LogP contribution in [0.2, 0.25) is 0 Å². The Morgan fingerprint density at radius 2 is 1.86 bits per heavy atom. The number of rotatable bonds is 1. The summed E-state index contributed by atoms with van der Waals surface area (Å²) in [4.78, 5) is 0. The van der Waals surface area contributed by atoms with Crippen LogP contribution >= 0.6 is 0 Å². The lowest BCUT2D eigenvalue weighted by Crippen LogP contribution is -2.31. The van der Waals surface area contributed by atoms with Crippen molar-refractivity contribution < 1.29 is 4.42 Å². The van der Waals surface area contributed by atoms with Crippen molar-refractivity contribution in [2.24, 2.45) is 0 Å². The van der Waals surface area contributed by atoms with E-state index < -0.39 is 0 Å². The number of furan rings is 1. The predicted octanol–water partition coefficient (Wildman–Crippen LogP) is 4.49. The average molecular weight is 275 g/mol. The second-order valence-electron chi connectivity index (χ2n) is 6.22. The van der Waals surface area contributed by atoms with Gasteiger partial charge >= 0.3 is 0 Å². The second kappa shape index (κ2) is 4.22. The Bertz CT molecular complexity index is 874. The lowest BCUT2D eigenvalue weighted by atomic mass is 9.94. The topological polar surface area (TPSA) is 25.2 Å². The van der Waals surface area contributed by atoms with E-state index in [0.717, 1.165) is 17.6 Å². The smallest absolute Gasteiger partial charge is 0.142 e. The zero-order valence-electron chi connectivity index (χ0n) is 11.8. The Kier molecular flexibility index (Phi) is 2.33. The molecule has 0 aliphatic carbocycles. The van der Waals surface area contributed by atoms with Gasteiger partial charge in [-0.1, -0.05) is 42.5 Å². The molecule has 0 radical (unpaired) electrons. The Morgan fingerprint density at radius 3 is 2.81 bits per heavy atom. The van der Waals surface area contributed by atoms with Crippen LogP contribution in [0.15, 0.2) is 53.0 Å². The molecule has 3 heterocycles. The third kappa shape index (κ3) is 1.69. The first-order valence-electron chi connectivity index (χ1n) is 7.76. The molecule has 0 saturated carbocycles. The molecule has 0 spiro atoms. The highest BCUT2D eigenvalue weighted by molar-refractivity contribution is 6.08. The van der Waals surface area contributed by atoms with Crippen molar-refractivity contribution in [3.63, 3.8) is 0 Å². The van der Waals surface area contributed by atoms with E-state index in [-0.39, 0.29) is 0 Å². The van der Waals surface area contributed by atoms with E-state index in [9.17, 15) is 0 Å². The van der Waals surface area contributed by atoms with Crippen LogP contribution in [-0.4, -0.2) is 12.1 Å². The monoisotopic (exact) mass is 275 g/mol. The average Bonchev–Trinajstić information content (AvgIpc) is 3.06. The van der Waals surface area contributed by atoms with Gasteiger partial charge < -0.3 is 9.73 Å². The molecule has 2 aromatic carbocycles. The molecule has 3 aromatic rings. The molecule has 1 saturated heterocycles. The molecule has 1 aromatic heterocycles. The molecule has 104 valence electrons. The molecule has 2 atom stereocenters. The summed E-state index contributed by atoms with van der Waals surface area (Å²) in [5.41, 5.74) is 4.76. The van der Waals surface area contributed by atoms with Gasteiger partial charge in [-0.05, 0) is 30.9 Å². The van der Waals surface area contributed by atoms with Crippen LogP contribution in [0.5, 0.6) is 0 Å². The first-order chi connectivity index (χ1) is 10.4. The molecule has 1 N–H and O–H groups in total. The number of fused-ring (bicyclic) bond motifs is 5. The van der Waals surface area contributed by atoms with E-state index in [4.69, 9.17) is 4.42 Å². The maximum Gasteiger partial charge on any atom is 0.142 e. The summed E-state index contributed by atoms with van der Waals surface area (Å²) in [6, 6.07) is 16.0. The zero-order valence-corrected chi connectivity index (χ0v) is 11.8. The van der Waals surface area contributed by atoms with Crippen LogP contribution in [0, 0.1) is 0 Å². The van der Waals surface area contributed by atoms with Crippen molar-refractivity contribution in [2.45, 2.75) is 31.3 Å². The van der Waals surface area contributed by atoms with Crippen LogP contribution in [0.1, 0.15) is 24.8 Å². The number of benzene rings is 2. The van der Waals surface area contributed by atoms with Crippen molar-refractivity contribution in [2.75, 3.05) is 0 Å². The van der Waals surface area contributed by atoms with Gasteiger partial charge in [-0.3, -0.25) is 0 Å². The summed E-state index contributed by atoms with van der Waals surface area (Å²) in [5.74, 6) is 0.